The van der Waals surface area contributed by atoms with Crippen LogP contribution in [0, 0.1) is 0 Å². The summed E-state index contributed by atoms with van der Waals surface area (Å²) in [5.74, 6) is 0.278. The Morgan fingerprint density at radius 2 is 1.93 bits per heavy atom. The number of amides is 3. The molecule has 1 aromatic heterocycles. The van der Waals surface area contributed by atoms with Crippen LogP contribution < -0.4 is 16.0 Å². The van der Waals surface area contributed by atoms with Crippen molar-refractivity contribution in [3.8, 4) is 0 Å². The van der Waals surface area contributed by atoms with Gasteiger partial charge in [0.25, 0.3) is 0 Å². The number of nitrogens with zero attached hydrogens (tertiary/aromatic N) is 2. The average Bonchev–Trinajstić information content (AvgIpc) is 2.76. The number of pyridine rings is 1. The van der Waals surface area contributed by atoms with Gasteiger partial charge in [-0.15, -0.1) is 0 Å². The summed E-state index contributed by atoms with van der Waals surface area (Å²) in [6, 6.07) is 5.04. The van der Waals surface area contributed by atoms with Crippen molar-refractivity contribution in [3.05, 3.63) is 24.4 Å². The predicted octanol–water partition coefficient (Wildman–Crippen LogP) is 1.68. The van der Waals surface area contributed by atoms with Gasteiger partial charge in [0.15, 0.2) is 0 Å². The molecule has 0 spiro atoms. The molecule has 1 atom stereocenters. The molecule has 0 aliphatic rings. The standard InChI is InChI=1S/C20H33N5O3S2/c1-21-12-13-24-20(28)16(15-17(26)22-2)25(3)19(27)10-5-4-8-14-29-30-18-9-6-7-11-23-18/h6-7,9,11,16,21H,4-5,8,10,12-15H2,1-3H3,(H,22,26)(H,24,28)/t16-/m0/s1. The number of carbonyl (C=O) groups excluding carboxylic acids is 3. The molecule has 0 aliphatic carbocycles. The lowest BCUT2D eigenvalue weighted by atomic mass is 10.1. The van der Waals surface area contributed by atoms with Crippen molar-refractivity contribution >= 4 is 39.3 Å². The van der Waals surface area contributed by atoms with Crippen LogP contribution in [0.1, 0.15) is 32.1 Å². The van der Waals surface area contributed by atoms with E-state index in [1.165, 1.54) is 11.9 Å². The van der Waals surface area contributed by atoms with Crippen molar-refractivity contribution in [1.82, 2.24) is 25.8 Å². The smallest absolute Gasteiger partial charge is 0.243 e. The van der Waals surface area contributed by atoms with E-state index in [2.05, 4.69) is 20.9 Å². The molecule has 0 saturated carbocycles. The van der Waals surface area contributed by atoms with E-state index >= 15 is 0 Å². The highest BCUT2D eigenvalue weighted by molar-refractivity contribution is 8.76. The van der Waals surface area contributed by atoms with Gasteiger partial charge in [-0.05, 0) is 42.8 Å². The zero-order valence-electron chi connectivity index (χ0n) is 18.0. The Labute approximate surface area is 187 Å². The van der Waals surface area contributed by atoms with Gasteiger partial charge in [-0.1, -0.05) is 23.3 Å². The van der Waals surface area contributed by atoms with Crippen LogP contribution in [-0.2, 0) is 14.4 Å². The van der Waals surface area contributed by atoms with Gasteiger partial charge < -0.3 is 20.9 Å². The van der Waals surface area contributed by atoms with Crippen molar-refractivity contribution in [2.24, 2.45) is 0 Å². The fraction of sp³-hybridized carbons (Fsp3) is 0.600. The molecule has 1 heterocycles. The van der Waals surface area contributed by atoms with Crippen LogP contribution in [0.15, 0.2) is 29.4 Å². The molecule has 1 aromatic rings. The van der Waals surface area contributed by atoms with Gasteiger partial charge >= 0.3 is 0 Å². The fourth-order valence-corrected chi connectivity index (χ4v) is 4.60. The molecule has 10 heteroatoms. The zero-order chi connectivity index (χ0) is 22.2. The van der Waals surface area contributed by atoms with E-state index in [1.807, 2.05) is 18.2 Å². The highest BCUT2D eigenvalue weighted by Gasteiger charge is 2.28. The Balaban J connectivity index is 2.34. The second-order valence-corrected chi connectivity index (χ2v) is 9.11. The van der Waals surface area contributed by atoms with E-state index in [0.29, 0.717) is 19.5 Å². The van der Waals surface area contributed by atoms with E-state index in [9.17, 15) is 14.4 Å². The van der Waals surface area contributed by atoms with Crippen LogP contribution in [0.25, 0.3) is 0 Å². The number of nitrogens with one attached hydrogen (secondary N) is 3. The second kappa shape index (κ2) is 16.0. The molecule has 8 nitrogen and oxygen atoms in total. The van der Waals surface area contributed by atoms with Gasteiger partial charge in [-0.25, -0.2) is 4.98 Å². The third-order valence-corrected chi connectivity index (χ3v) is 6.75. The van der Waals surface area contributed by atoms with Crippen LogP contribution in [0.3, 0.4) is 0 Å². The minimum absolute atomic E-state index is 0.0501. The summed E-state index contributed by atoms with van der Waals surface area (Å²) < 4.78 is 0. The number of hydrogen-bond acceptors (Lipinski definition) is 7. The van der Waals surface area contributed by atoms with E-state index < -0.39 is 6.04 Å². The van der Waals surface area contributed by atoms with Crippen LogP contribution in [0.5, 0.6) is 0 Å². The number of unbranched alkanes of at least 4 members (excludes halogenated alkanes) is 2. The Hall–Kier alpha value is -1.78. The van der Waals surface area contributed by atoms with E-state index in [-0.39, 0.29) is 24.1 Å². The number of likely N-dealkylation sites (N-methyl/N-ethyl adjacent to an activating group) is 2. The molecule has 3 N–H and O–H groups in total. The summed E-state index contributed by atoms with van der Waals surface area (Å²) in [6.45, 7) is 1.06. The Bertz CT molecular complexity index is 649. The molecule has 0 fully saturated rings. The molecule has 30 heavy (non-hydrogen) atoms. The Morgan fingerprint density at radius 1 is 1.13 bits per heavy atom. The average molecular weight is 456 g/mol. The summed E-state index contributed by atoms with van der Waals surface area (Å²) >= 11 is 0. The van der Waals surface area contributed by atoms with Gasteiger partial charge in [-0.3, -0.25) is 14.4 Å². The first-order valence-electron chi connectivity index (χ1n) is 10.1. The van der Waals surface area contributed by atoms with E-state index in [0.717, 1.165) is 30.0 Å². The highest BCUT2D eigenvalue weighted by Crippen LogP contribution is 2.29. The zero-order valence-corrected chi connectivity index (χ0v) is 19.6. The maximum Gasteiger partial charge on any atom is 0.243 e. The van der Waals surface area contributed by atoms with Crippen molar-refractivity contribution in [2.75, 3.05) is 40.0 Å². The maximum atomic E-state index is 12.5. The number of carbonyl (C=O) groups is 3. The molecular weight excluding hydrogens is 422 g/mol. The largest absolute Gasteiger partial charge is 0.359 e. The van der Waals surface area contributed by atoms with E-state index in [4.69, 9.17) is 0 Å². The van der Waals surface area contributed by atoms with Gasteiger partial charge in [0.05, 0.1) is 6.42 Å². The minimum atomic E-state index is -0.806. The van der Waals surface area contributed by atoms with Crippen molar-refractivity contribution in [1.29, 1.82) is 0 Å². The predicted molar refractivity (Wildman–Crippen MR) is 123 cm³/mol. The molecule has 0 saturated heterocycles. The molecule has 0 unspecified atom stereocenters. The summed E-state index contributed by atoms with van der Waals surface area (Å²) in [5.41, 5.74) is 0. The third kappa shape index (κ3) is 10.8. The Morgan fingerprint density at radius 3 is 2.60 bits per heavy atom. The van der Waals surface area contributed by atoms with Gasteiger partial charge in [-0.2, -0.15) is 0 Å². The normalized spacial score (nSPS) is 11.6. The van der Waals surface area contributed by atoms with Gasteiger partial charge in [0, 0.05) is 45.6 Å². The van der Waals surface area contributed by atoms with Crippen molar-refractivity contribution < 1.29 is 14.4 Å². The molecular formula is C20H33N5O3S2. The first-order valence-corrected chi connectivity index (χ1v) is 12.4. The quantitative estimate of drug-likeness (QED) is 0.273. The Kier molecular flexibility index (Phi) is 14.0. The summed E-state index contributed by atoms with van der Waals surface area (Å²) in [4.78, 5) is 42.5. The molecule has 3 amide bonds. The van der Waals surface area contributed by atoms with Crippen LogP contribution in [-0.4, -0.2) is 73.6 Å². The molecule has 0 bridgehead atoms. The lowest BCUT2D eigenvalue weighted by Gasteiger charge is -2.27. The number of aromatic nitrogens is 1. The molecule has 168 valence electrons. The third-order valence-electron chi connectivity index (χ3n) is 4.40. The molecule has 0 radical (unpaired) electrons. The molecule has 0 aliphatic heterocycles. The lowest BCUT2D eigenvalue weighted by Crippen LogP contribution is -2.50. The topological polar surface area (TPSA) is 103 Å². The maximum absolute atomic E-state index is 12.5. The molecule has 1 rings (SSSR count). The van der Waals surface area contributed by atoms with Gasteiger partial charge in [0.1, 0.15) is 11.1 Å². The summed E-state index contributed by atoms with van der Waals surface area (Å²) in [6.07, 6.45) is 4.79. The minimum Gasteiger partial charge on any atom is -0.359 e. The number of hydrogen-bond donors (Lipinski definition) is 3. The molecule has 0 aromatic carbocycles. The van der Waals surface area contributed by atoms with Crippen LogP contribution >= 0.6 is 21.6 Å². The number of rotatable bonds is 15. The first-order chi connectivity index (χ1) is 14.5. The van der Waals surface area contributed by atoms with Crippen molar-refractivity contribution in [3.63, 3.8) is 0 Å². The van der Waals surface area contributed by atoms with Gasteiger partial charge in [0.2, 0.25) is 17.7 Å². The SMILES string of the molecule is CNCCNC(=O)[C@H](CC(=O)NC)N(C)C(=O)CCCCCSSc1ccccn1. The highest BCUT2D eigenvalue weighted by atomic mass is 33.1. The lowest BCUT2D eigenvalue weighted by molar-refractivity contribution is -0.141. The summed E-state index contributed by atoms with van der Waals surface area (Å²) in [5, 5.41) is 9.22. The monoisotopic (exact) mass is 455 g/mol. The summed E-state index contributed by atoms with van der Waals surface area (Å²) in [7, 11) is 8.31. The second-order valence-electron chi connectivity index (χ2n) is 6.68. The van der Waals surface area contributed by atoms with E-state index in [1.54, 1.807) is 41.9 Å². The fourth-order valence-electron chi connectivity index (χ4n) is 2.57. The first kappa shape index (κ1) is 26.3. The van der Waals surface area contributed by atoms with Crippen molar-refractivity contribution in [2.45, 2.75) is 43.2 Å². The van der Waals surface area contributed by atoms with Crippen LogP contribution in [0.4, 0.5) is 0 Å². The van der Waals surface area contributed by atoms with Crippen LogP contribution in [0.2, 0.25) is 0 Å².